The Morgan fingerprint density at radius 3 is 2.68 bits per heavy atom. The van der Waals surface area contributed by atoms with Crippen LogP contribution in [-0.4, -0.2) is 35.1 Å². The summed E-state index contributed by atoms with van der Waals surface area (Å²) in [5, 5.41) is 8.59. The summed E-state index contributed by atoms with van der Waals surface area (Å²) in [7, 11) is 0. The van der Waals surface area contributed by atoms with E-state index in [1.54, 1.807) is 0 Å². The summed E-state index contributed by atoms with van der Waals surface area (Å²) in [6, 6.07) is 8.10. The predicted octanol–water partition coefficient (Wildman–Crippen LogP) is 2.97. The van der Waals surface area contributed by atoms with Crippen molar-refractivity contribution in [3.05, 3.63) is 51.9 Å². The van der Waals surface area contributed by atoms with Crippen LogP contribution in [0.1, 0.15) is 18.9 Å². The Balaban J connectivity index is 0.00000280. The van der Waals surface area contributed by atoms with Gasteiger partial charge in [-0.15, -0.1) is 23.7 Å². The number of halogens is 1. The maximum Gasteiger partial charge on any atom is 0.262 e. The van der Waals surface area contributed by atoms with Crippen LogP contribution in [0.3, 0.4) is 0 Å². The van der Waals surface area contributed by atoms with Gasteiger partial charge in [-0.2, -0.15) is 0 Å². The van der Waals surface area contributed by atoms with E-state index >= 15 is 0 Å². The van der Waals surface area contributed by atoms with Gasteiger partial charge >= 0.3 is 0 Å². The number of carbonyl (C=O) groups is 1. The molecule has 0 fully saturated rings. The minimum Gasteiger partial charge on any atom is -0.355 e. The Morgan fingerprint density at radius 1 is 1.21 bits per heavy atom. The van der Waals surface area contributed by atoms with Crippen molar-refractivity contribution in [3.63, 3.8) is 0 Å². The van der Waals surface area contributed by atoms with E-state index in [-0.39, 0.29) is 30.3 Å². The van der Waals surface area contributed by atoms with E-state index in [1.807, 2.05) is 43.5 Å². The molecule has 0 saturated carbocycles. The van der Waals surface area contributed by atoms with Gasteiger partial charge in [0.1, 0.15) is 4.83 Å². The number of benzene rings is 1. The lowest BCUT2D eigenvalue weighted by atomic mass is 10.1. The molecule has 3 aromatic rings. The van der Waals surface area contributed by atoms with Gasteiger partial charge in [0, 0.05) is 37.0 Å². The van der Waals surface area contributed by atoms with Crippen molar-refractivity contribution >= 4 is 39.9 Å². The number of fused-ring (bicyclic) bond motifs is 1. The lowest BCUT2D eigenvalue weighted by molar-refractivity contribution is -0.121. The number of carbonyl (C=O) groups excluding carboxylic acids is 1. The maximum absolute atomic E-state index is 13.0. The van der Waals surface area contributed by atoms with Crippen molar-refractivity contribution in [2.24, 2.45) is 0 Å². The predicted molar refractivity (Wildman–Crippen MR) is 117 cm³/mol. The van der Waals surface area contributed by atoms with Crippen LogP contribution in [0, 0.1) is 6.92 Å². The zero-order chi connectivity index (χ0) is 19.2. The average molecular weight is 421 g/mol. The fourth-order valence-corrected chi connectivity index (χ4v) is 3.76. The second kappa shape index (κ2) is 10.4. The van der Waals surface area contributed by atoms with Crippen LogP contribution in [0.5, 0.6) is 0 Å². The van der Waals surface area contributed by atoms with Crippen molar-refractivity contribution in [1.29, 1.82) is 0 Å². The molecule has 1 amide bonds. The molecular formula is C20H25ClN4O2S. The summed E-state index contributed by atoms with van der Waals surface area (Å²) in [5.41, 5.74) is 2.98. The number of hydrogen-bond donors (Lipinski definition) is 2. The van der Waals surface area contributed by atoms with E-state index in [4.69, 9.17) is 0 Å². The number of aromatic nitrogens is 2. The second-order valence-electron chi connectivity index (χ2n) is 6.39. The third-order valence-corrected chi connectivity index (χ3v) is 5.26. The minimum atomic E-state index is -0.0997. The van der Waals surface area contributed by atoms with Crippen LogP contribution in [0.15, 0.2) is 40.8 Å². The van der Waals surface area contributed by atoms with Crippen molar-refractivity contribution in [1.82, 2.24) is 20.2 Å². The van der Waals surface area contributed by atoms with Crippen LogP contribution in [0.25, 0.3) is 21.3 Å². The van der Waals surface area contributed by atoms with Crippen LogP contribution in [-0.2, 0) is 11.3 Å². The van der Waals surface area contributed by atoms with Crippen LogP contribution in [0.2, 0.25) is 0 Å². The average Bonchev–Trinajstić information content (AvgIpc) is 3.10. The fourth-order valence-electron chi connectivity index (χ4n) is 2.85. The molecular weight excluding hydrogens is 396 g/mol. The summed E-state index contributed by atoms with van der Waals surface area (Å²) in [5.74, 6) is -0.0658. The third kappa shape index (κ3) is 5.19. The van der Waals surface area contributed by atoms with E-state index in [0.717, 1.165) is 29.0 Å². The maximum atomic E-state index is 13.0. The Hall–Kier alpha value is -2.22. The number of likely N-dealkylation sites (N-methyl/N-ethyl adjacent to an activating group) is 1. The van der Waals surface area contributed by atoms with Gasteiger partial charge in [0.15, 0.2) is 0 Å². The molecule has 0 radical (unpaired) electrons. The quantitative estimate of drug-likeness (QED) is 0.549. The van der Waals surface area contributed by atoms with E-state index in [0.29, 0.717) is 18.5 Å². The first-order chi connectivity index (χ1) is 13.1. The van der Waals surface area contributed by atoms with Crippen molar-refractivity contribution < 1.29 is 4.79 Å². The molecule has 0 saturated heterocycles. The van der Waals surface area contributed by atoms with Gasteiger partial charge < -0.3 is 10.6 Å². The second-order valence-corrected chi connectivity index (χ2v) is 7.25. The van der Waals surface area contributed by atoms with Crippen molar-refractivity contribution in [2.75, 3.05) is 19.6 Å². The smallest absolute Gasteiger partial charge is 0.262 e. The highest BCUT2D eigenvalue weighted by Gasteiger charge is 2.13. The molecule has 0 atom stereocenters. The molecule has 3 rings (SSSR count). The van der Waals surface area contributed by atoms with Gasteiger partial charge in [0.2, 0.25) is 5.91 Å². The summed E-state index contributed by atoms with van der Waals surface area (Å²) < 4.78 is 1.52. The monoisotopic (exact) mass is 420 g/mol. The number of rotatable bonds is 8. The SMILES string of the molecule is CCNCCNC(=O)CCn1cnc2scc(-c3ccc(C)cc3)c2c1=O.Cl. The Bertz CT molecular complexity index is 982. The van der Waals surface area contributed by atoms with E-state index < -0.39 is 0 Å². The molecule has 2 N–H and O–H groups in total. The van der Waals surface area contributed by atoms with Crippen LogP contribution < -0.4 is 16.2 Å². The number of amides is 1. The van der Waals surface area contributed by atoms with Crippen molar-refractivity contribution in [2.45, 2.75) is 26.8 Å². The lowest BCUT2D eigenvalue weighted by Gasteiger charge is -2.08. The molecule has 0 spiro atoms. The topological polar surface area (TPSA) is 76.0 Å². The normalized spacial score (nSPS) is 10.6. The van der Waals surface area contributed by atoms with Gasteiger partial charge in [0.25, 0.3) is 5.56 Å². The molecule has 8 heteroatoms. The Morgan fingerprint density at radius 2 is 1.96 bits per heavy atom. The molecule has 28 heavy (non-hydrogen) atoms. The molecule has 0 aliphatic carbocycles. The minimum absolute atomic E-state index is 0. The zero-order valence-electron chi connectivity index (χ0n) is 16.0. The molecule has 6 nitrogen and oxygen atoms in total. The molecule has 150 valence electrons. The molecule has 0 bridgehead atoms. The highest BCUT2D eigenvalue weighted by Crippen LogP contribution is 2.30. The Labute approximate surface area is 174 Å². The first-order valence-corrected chi connectivity index (χ1v) is 9.99. The zero-order valence-corrected chi connectivity index (χ0v) is 17.7. The van der Waals surface area contributed by atoms with E-state index in [9.17, 15) is 9.59 Å². The Kier molecular flexibility index (Phi) is 8.17. The highest BCUT2D eigenvalue weighted by atomic mass is 35.5. The molecule has 0 aliphatic heterocycles. The number of hydrogen-bond acceptors (Lipinski definition) is 5. The van der Waals surface area contributed by atoms with E-state index in [2.05, 4.69) is 15.6 Å². The highest BCUT2D eigenvalue weighted by molar-refractivity contribution is 7.17. The number of nitrogens with zero attached hydrogens (tertiary/aromatic N) is 2. The number of aryl methyl sites for hydroxylation is 2. The van der Waals surface area contributed by atoms with Gasteiger partial charge in [0.05, 0.1) is 11.7 Å². The first-order valence-electron chi connectivity index (χ1n) is 9.11. The van der Waals surface area contributed by atoms with Gasteiger partial charge in [-0.25, -0.2) is 4.98 Å². The first kappa shape index (κ1) is 22.1. The van der Waals surface area contributed by atoms with Gasteiger partial charge in [-0.1, -0.05) is 36.8 Å². The largest absolute Gasteiger partial charge is 0.355 e. The molecule has 1 aromatic carbocycles. The fraction of sp³-hybridized carbons (Fsp3) is 0.350. The molecule has 2 heterocycles. The standard InChI is InChI=1S/C20H24N4O2S.ClH/c1-3-21-9-10-22-17(25)8-11-24-13-23-19-18(20(24)26)16(12-27-19)15-6-4-14(2)5-7-15;/h4-7,12-13,21H,3,8-11H2,1-2H3,(H,22,25);1H. The third-order valence-electron chi connectivity index (χ3n) is 4.38. The number of thiophene rings is 1. The van der Waals surface area contributed by atoms with Crippen LogP contribution in [0.4, 0.5) is 0 Å². The lowest BCUT2D eigenvalue weighted by Crippen LogP contribution is -2.33. The van der Waals surface area contributed by atoms with E-state index in [1.165, 1.54) is 27.8 Å². The summed E-state index contributed by atoms with van der Waals surface area (Å²) in [4.78, 5) is 30.0. The van der Waals surface area contributed by atoms with Crippen LogP contribution >= 0.6 is 23.7 Å². The summed E-state index contributed by atoms with van der Waals surface area (Å²) in [6.07, 6.45) is 1.79. The van der Waals surface area contributed by atoms with Gasteiger partial charge in [-0.05, 0) is 19.0 Å². The number of nitrogens with one attached hydrogen (secondary N) is 2. The molecule has 0 unspecified atom stereocenters. The van der Waals surface area contributed by atoms with Gasteiger partial charge in [-0.3, -0.25) is 14.2 Å². The van der Waals surface area contributed by atoms with Crippen molar-refractivity contribution in [3.8, 4) is 11.1 Å². The molecule has 2 aromatic heterocycles. The summed E-state index contributed by atoms with van der Waals surface area (Å²) in [6.45, 7) is 6.57. The summed E-state index contributed by atoms with van der Waals surface area (Å²) >= 11 is 1.47. The molecule has 0 aliphatic rings.